The van der Waals surface area contributed by atoms with E-state index < -0.39 is 0 Å². The summed E-state index contributed by atoms with van der Waals surface area (Å²) in [6.07, 6.45) is 3.90. The van der Waals surface area contributed by atoms with Gasteiger partial charge in [0.15, 0.2) is 0 Å². The van der Waals surface area contributed by atoms with E-state index in [1.807, 2.05) is 10.8 Å². The minimum Gasteiger partial charge on any atom is -0.381 e. The van der Waals surface area contributed by atoms with Gasteiger partial charge in [0.05, 0.1) is 0 Å². The highest BCUT2D eigenvalue weighted by Crippen LogP contribution is 2.14. The fraction of sp³-hybridized carbons (Fsp3) is 0.643. The molecular weight excluding hydrogens is 228 g/mol. The second-order valence-electron chi connectivity index (χ2n) is 5.10. The molecule has 1 fully saturated rings. The Bertz CT molecular complexity index is 431. The third-order valence-corrected chi connectivity index (χ3v) is 3.81. The Morgan fingerprint density at radius 1 is 1.39 bits per heavy atom. The van der Waals surface area contributed by atoms with Crippen LogP contribution in [0, 0.1) is 20.8 Å². The first kappa shape index (κ1) is 13.1. The molecule has 100 valence electrons. The summed E-state index contributed by atoms with van der Waals surface area (Å²) < 4.78 is 7.31. The quantitative estimate of drug-likeness (QED) is 0.887. The fourth-order valence-electron chi connectivity index (χ4n) is 2.36. The van der Waals surface area contributed by atoms with Crippen molar-refractivity contribution in [3.63, 3.8) is 0 Å². The van der Waals surface area contributed by atoms with Gasteiger partial charge in [0.1, 0.15) is 6.54 Å². The zero-order chi connectivity index (χ0) is 13.1. The molecule has 0 saturated carbocycles. The van der Waals surface area contributed by atoms with E-state index in [4.69, 9.17) is 4.74 Å². The van der Waals surface area contributed by atoms with Gasteiger partial charge in [-0.25, -0.2) is 0 Å². The molecule has 4 nitrogen and oxygen atoms in total. The first-order valence-electron chi connectivity index (χ1n) is 6.58. The van der Waals surface area contributed by atoms with E-state index in [0.29, 0.717) is 6.54 Å². The number of aryl methyl sites for hydroxylation is 1. The van der Waals surface area contributed by atoms with Crippen LogP contribution in [0.3, 0.4) is 0 Å². The number of amides is 1. The van der Waals surface area contributed by atoms with Crippen molar-refractivity contribution in [3.05, 3.63) is 23.0 Å². The van der Waals surface area contributed by atoms with E-state index in [9.17, 15) is 4.79 Å². The molecule has 1 aliphatic heterocycles. The monoisotopic (exact) mass is 250 g/mol. The number of aromatic nitrogens is 1. The van der Waals surface area contributed by atoms with Gasteiger partial charge in [0.2, 0.25) is 5.91 Å². The molecule has 0 spiro atoms. The summed E-state index contributed by atoms with van der Waals surface area (Å²) in [7, 11) is 0. The van der Waals surface area contributed by atoms with Gasteiger partial charge in [-0.15, -0.1) is 0 Å². The molecule has 1 aliphatic rings. The van der Waals surface area contributed by atoms with E-state index in [0.717, 1.165) is 26.1 Å². The summed E-state index contributed by atoms with van der Waals surface area (Å²) in [6.45, 7) is 8.16. The van der Waals surface area contributed by atoms with Crippen LogP contribution in [0.25, 0.3) is 0 Å². The lowest BCUT2D eigenvalue weighted by Crippen LogP contribution is -2.40. The fourth-order valence-corrected chi connectivity index (χ4v) is 2.36. The maximum atomic E-state index is 12.0. The smallest absolute Gasteiger partial charge is 0.240 e. The molecule has 2 heterocycles. The number of nitrogens with zero attached hydrogens (tertiary/aromatic N) is 1. The molecule has 0 radical (unpaired) electrons. The Labute approximate surface area is 108 Å². The summed E-state index contributed by atoms with van der Waals surface area (Å²) in [5.41, 5.74) is 3.69. The zero-order valence-corrected chi connectivity index (χ0v) is 11.5. The van der Waals surface area contributed by atoms with Gasteiger partial charge >= 0.3 is 0 Å². The molecule has 0 aliphatic carbocycles. The van der Waals surface area contributed by atoms with Gasteiger partial charge in [-0.2, -0.15) is 0 Å². The van der Waals surface area contributed by atoms with Crippen LogP contribution >= 0.6 is 0 Å². The summed E-state index contributed by atoms with van der Waals surface area (Å²) >= 11 is 0. The third-order valence-electron chi connectivity index (χ3n) is 3.81. The van der Waals surface area contributed by atoms with Gasteiger partial charge in [0, 0.05) is 31.1 Å². The van der Waals surface area contributed by atoms with Gasteiger partial charge < -0.3 is 14.6 Å². The molecule has 1 amide bonds. The van der Waals surface area contributed by atoms with E-state index in [-0.39, 0.29) is 11.9 Å². The molecule has 1 N–H and O–H groups in total. The third kappa shape index (κ3) is 2.93. The number of rotatable bonds is 3. The van der Waals surface area contributed by atoms with Crippen LogP contribution in [-0.2, 0) is 16.1 Å². The van der Waals surface area contributed by atoms with Crippen molar-refractivity contribution in [1.29, 1.82) is 0 Å². The molecule has 2 rings (SSSR count). The number of ether oxygens (including phenoxy) is 1. The maximum absolute atomic E-state index is 12.0. The Kier molecular flexibility index (Phi) is 4.07. The standard InChI is InChI=1S/C14H22N2O2/c1-10-8-16(12(3)11(10)2)9-14(17)15-13-4-6-18-7-5-13/h8,13H,4-7,9H2,1-3H3,(H,15,17). The van der Waals surface area contributed by atoms with Crippen molar-refractivity contribution >= 4 is 5.91 Å². The Hall–Kier alpha value is -1.29. The van der Waals surface area contributed by atoms with Gasteiger partial charge in [0.25, 0.3) is 0 Å². The number of hydrogen-bond donors (Lipinski definition) is 1. The van der Waals surface area contributed by atoms with E-state index >= 15 is 0 Å². The summed E-state index contributed by atoms with van der Waals surface area (Å²) in [5.74, 6) is 0.0972. The average molecular weight is 250 g/mol. The van der Waals surface area contributed by atoms with Crippen LogP contribution < -0.4 is 5.32 Å². The number of hydrogen-bond acceptors (Lipinski definition) is 2. The molecule has 1 aromatic rings. The largest absolute Gasteiger partial charge is 0.381 e. The first-order valence-corrected chi connectivity index (χ1v) is 6.58. The lowest BCUT2D eigenvalue weighted by Gasteiger charge is -2.23. The number of carbonyl (C=O) groups excluding carboxylic acids is 1. The summed E-state index contributed by atoms with van der Waals surface area (Å²) in [5, 5.41) is 3.08. The van der Waals surface area contributed by atoms with Crippen molar-refractivity contribution in [2.45, 2.75) is 46.2 Å². The molecule has 18 heavy (non-hydrogen) atoms. The molecule has 0 aromatic carbocycles. The zero-order valence-electron chi connectivity index (χ0n) is 11.5. The second kappa shape index (κ2) is 5.57. The second-order valence-corrected chi connectivity index (χ2v) is 5.10. The van der Waals surface area contributed by atoms with Gasteiger partial charge in [-0.05, 0) is 44.7 Å². The molecule has 4 heteroatoms. The normalized spacial score (nSPS) is 16.8. The van der Waals surface area contributed by atoms with E-state index in [2.05, 4.69) is 26.1 Å². The number of nitrogens with one attached hydrogen (secondary N) is 1. The predicted octanol–water partition coefficient (Wildman–Crippen LogP) is 1.71. The van der Waals surface area contributed by atoms with Crippen LogP contribution in [0.2, 0.25) is 0 Å². The molecule has 1 aromatic heterocycles. The highest BCUT2D eigenvalue weighted by Gasteiger charge is 2.16. The SMILES string of the molecule is Cc1cn(CC(=O)NC2CCOCC2)c(C)c1C. The van der Waals surface area contributed by atoms with Crippen molar-refractivity contribution in [3.8, 4) is 0 Å². The van der Waals surface area contributed by atoms with Crippen LogP contribution in [0.15, 0.2) is 6.20 Å². The Morgan fingerprint density at radius 2 is 2.06 bits per heavy atom. The minimum atomic E-state index is 0.0972. The van der Waals surface area contributed by atoms with Crippen LogP contribution in [0.1, 0.15) is 29.7 Å². The Morgan fingerprint density at radius 3 is 2.61 bits per heavy atom. The first-order chi connectivity index (χ1) is 8.58. The highest BCUT2D eigenvalue weighted by molar-refractivity contribution is 5.76. The van der Waals surface area contributed by atoms with Crippen molar-refractivity contribution in [2.24, 2.45) is 0 Å². The molecule has 1 saturated heterocycles. The molecule has 0 bridgehead atoms. The van der Waals surface area contributed by atoms with Crippen molar-refractivity contribution in [1.82, 2.24) is 9.88 Å². The molecule has 0 atom stereocenters. The van der Waals surface area contributed by atoms with Gasteiger partial charge in [-0.1, -0.05) is 0 Å². The highest BCUT2D eigenvalue weighted by atomic mass is 16.5. The Balaban J connectivity index is 1.92. The number of carbonyl (C=O) groups is 1. The minimum absolute atomic E-state index is 0.0972. The van der Waals surface area contributed by atoms with Crippen LogP contribution in [0.5, 0.6) is 0 Å². The van der Waals surface area contributed by atoms with Gasteiger partial charge in [-0.3, -0.25) is 4.79 Å². The lowest BCUT2D eigenvalue weighted by molar-refractivity contribution is -0.123. The van der Waals surface area contributed by atoms with Crippen LogP contribution in [0.4, 0.5) is 0 Å². The summed E-state index contributed by atoms with van der Waals surface area (Å²) in [6, 6.07) is 0.282. The van der Waals surface area contributed by atoms with Crippen molar-refractivity contribution in [2.75, 3.05) is 13.2 Å². The molecular formula is C14H22N2O2. The maximum Gasteiger partial charge on any atom is 0.240 e. The van der Waals surface area contributed by atoms with Crippen LogP contribution in [-0.4, -0.2) is 29.7 Å². The predicted molar refractivity (Wildman–Crippen MR) is 70.6 cm³/mol. The van der Waals surface area contributed by atoms with E-state index in [1.165, 1.54) is 16.8 Å². The lowest BCUT2D eigenvalue weighted by atomic mass is 10.1. The molecule has 0 unspecified atom stereocenters. The topological polar surface area (TPSA) is 43.3 Å². The van der Waals surface area contributed by atoms with E-state index in [1.54, 1.807) is 0 Å². The van der Waals surface area contributed by atoms with Crippen molar-refractivity contribution < 1.29 is 9.53 Å². The summed E-state index contributed by atoms with van der Waals surface area (Å²) in [4.78, 5) is 12.0. The average Bonchev–Trinajstić information content (AvgIpc) is 2.58.